The van der Waals surface area contributed by atoms with Crippen LogP contribution in [-0.2, 0) is 14.3 Å². The minimum atomic E-state index is -4.74. The molecule has 2 rings (SSSR count). The highest BCUT2D eigenvalue weighted by Gasteiger charge is 2.31. The third kappa shape index (κ3) is 7.67. The van der Waals surface area contributed by atoms with Gasteiger partial charge in [-0.2, -0.15) is 0 Å². The number of amides is 2. The molecule has 0 aliphatic carbocycles. The maximum Gasteiger partial charge on any atom is 0.573 e. The Bertz CT molecular complexity index is 634. The SMILES string of the molecule is CC(NC(=O)CSCC(=O)N1CCOCC1)c1ccc(OC(F)(F)F)cc1. The van der Waals surface area contributed by atoms with Crippen molar-refractivity contribution in [3.63, 3.8) is 0 Å². The van der Waals surface area contributed by atoms with Gasteiger partial charge >= 0.3 is 6.36 Å². The number of benzene rings is 1. The monoisotopic (exact) mass is 406 g/mol. The Hall–Kier alpha value is -1.94. The summed E-state index contributed by atoms with van der Waals surface area (Å²) >= 11 is 1.22. The van der Waals surface area contributed by atoms with Gasteiger partial charge in [0.15, 0.2) is 0 Å². The van der Waals surface area contributed by atoms with Crippen LogP contribution in [-0.4, -0.2) is 60.9 Å². The first-order valence-electron chi connectivity index (χ1n) is 8.33. The zero-order valence-electron chi connectivity index (χ0n) is 14.8. The van der Waals surface area contributed by atoms with Gasteiger partial charge in [0.2, 0.25) is 11.8 Å². The predicted octanol–water partition coefficient (Wildman–Crippen LogP) is 2.35. The molecule has 0 radical (unpaired) electrons. The molecule has 0 saturated carbocycles. The van der Waals surface area contributed by atoms with Crippen LogP contribution in [0.5, 0.6) is 5.75 Å². The molecule has 1 aromatic rings. The van der Waals surface area contributed by atoms with Crippen LogP contribution < -0.4 is 10.1 Å². The molecule has 1 aliphatic rings. The lowest BCUT2D eigenvalue weighted by Gasteiger charge is -2.26. The molecule has 1 fully saturated rings. The molecule has 27 heavy (non-hydrogen) atoms. The fourth-order valence-corrected chi connectivity index (χ4v) is 3.19. The predicted molar refractivity (Wildman–Crippen MR) is 94.4 cm³/mol. The highest BCUT2D eigenvalue weighted by molar-refractivity contribution is 8.00. The van der Waals surface area contributed by atoms with Gasteiger partial charge in [-0.25, -0.2) is 0 Å². The lowest BCUT2D eigenvalue weighted by Crippen LogP contribution is -2.41. The molecular formula is C17H21F3N2O4S. The van der Waals surface area contributed by atoms with Crippen molar-refractivity contribution in [3.05, 3.63) is 29.8 Å². The molecule has 1 atom stereocenters. The maximum absolute atomic E-state index is 12.2. The van der Waals surface area contributed by atoms with Gasteiger partial charge in [0.25, 0.3) is 0 Å². The minimum absolute atomic E-state index is 0.0237. The average Bonchev–Trinajstić information content (AvgIpc) is 2.61. The van der Waals surface area contributed by atoms with Crippen LogP contribution in [0.3, 0.4) is 0 Å². The summed E-state index contributed by atoms with van der Waals surface area (Å²) in [5.74, 6) is -0.259. The van der Waals surface area contributed by atoms with E-state index in [1.165, 1.54) is 36.0 Å². The van der Waals surface area contributed by atoms with Gasteiger partial charge in [-0.15, -0.1) is 24.9 Å². The van der Waals surface area contributed by atoms with E-state index in [2.05, 4.69) is 10.1 Å². The molecule has 0 spiro atoms. The summed E-state index contributed by atoms with van der Waals surface area (Å²) in [6.45, 7) is 3.91. The van der Waals surface area contributed by atoms with Gasteiger partial charge in [-0.1, -0.05) is 12.1 Å². The second-order valence-corrected chi connectivity index (χ2v) is 6.88. The van der Waals surface area contributed by atoms with E-state index in [1.807, 2.05) is 0 Å². The van der Waals surface area contributed by atoms with E-state index in [1.54, 1.807) is 11.8 Å². The minimum Gasteiger partial charge on any atom is -0.406 e. The fourth-order valence-electron chi connectivity index (χ4n) is 2.46. The second kappa shape index (κ2) is 9.84. The van der Waals surface area contributed by atoms with Gasteiger partial charge in [-0.05, 0) is 24.6 Å². The van der Waals surface area contributed by atoms with Gasteiger partial charge in [0, 0.05) is 13.1 Å². The van der Waals surface area contributed by atoms with Crippen molar-refractivity contribution in [3.8, 4) is 5.75 Å². The lowest BCUT2D eigenvalue weighted by molar-refractivity contribution is -0.274. The Morgan fingerprint density at radius 3 is 2.44 bits per heavy atom. The molecule has 10 heteroatoms. The number of alkyl halides is 3. The van der Waals surface area contributed by atoms with Crippen LogP contribution >= 0.6 is 11.8 Å². The normalized spacial score (nSPS) is 15.9. The second-order valence-electron chi connectivity index (χ2n) is 5.89. The van der Waals surface area contributed by atoms with Crippen molar-refractivity contribution in [2.45, 2.75) is 19.3 Å². The van der Waals surface area contributed by atoms with Crippen LogP contribution in [0.4, 0.5) is 13.2 Å². The average molecular weight is 406 g/mol. The topological polar surface area (TPSA) is 67.9 Å². The Labute approximate surface area is 159 Å². The Morgan fingerprint density at radius 1 is 1.22 bits per heavy atom. The summed E-state index contributed by atoms with van der Waals surface area (Å²) in [5, 5.41) is 2.75. The van der Waals surface area contributed by atoms with Gasteiger partial charge in [0.05, 0.1) is 30.8 Å². The highest BCUT2D eigenvalue weighted by Crippen LogP contribution is 2.24. The third-order valence-electron chi connectivity index (χ3n) is 3.81. The van der Waals surface area contributed by atoms with Gasteiger partial charge < -0.3 is 19.7 Å². The quantitative estimate of drug-likeness (QED) is 0.753. The van der Waals surface area contributed by atoms with Crippen molar-refractivity contribution >= 4 is 23.6 Å². The van der Waals surface area contributed by atoms with Gasteiger partial charge in [-0.3, -0.25) is 9.59 Å². The third-order valence-corrected chi connectivity index (χ3v) is 4.73. The Kier molecular flexibility index (Phi) is 7.78. The van der Waals surface area contributed by atoms with Crippen molar-refractivity contribution in [1.29, 1.82) is 0 Å². The van der Waals surface area contributed by atoms with Gasteiger partial charge in [0.1, 0.15) is 5.75 Å². The van der Waals surface area contributed by atoms with E-state index in [9.17, 15) is 22.8 Å². The number of carbonyl (C=O) groups excluding carboxylic acids is 2. The number of ether oxygens (including phenoxy) is 2. The molecule has 1 unspecified atom stereocenters. The fraction of sp³-hybridized carbons (Fsp3) is 0.529. The van der Waals surface area contributed by atoms with E-state index in [-0.39, 0.29) is 35.1 Å². The summed E-state index contributed by atoms with van der Waals surface area (Å²) in [6, 6.07) is 4.93. The smallest absolute Gasteiger partial charge is 0.406 e. The van der Waals surface area contributed by atoms with E-state index in [0.717, 1.165) is 0 Å². The summed E-state index contributed by atoms with van der Waals surface area (Å²) in [4.78, 5) is 25.7. The summed E-state index contributed by atoms with van der Waals surface area (Å²) in [6.07, 6.45) is -4.74. The van der Waals surface area contributed by atoms with Crippen LogP contribution in [0, 0.1) is 0 Å². The van der Waals surface area contributed by atoms with E-state index in [4.69, 9.17) is 4.74 Å². The number of morpholine rings is 1. The van der Waals surface area contributed by atoms with E-state index >= 15 is 0 Å². The number of nitrogens with zero attached hydrogens (tertiary/aromatic N) is 1. The Morgan fingerprint density at radius 2 is 1.85 bits per heavy atom. The number of rotatable bonds is 7. The first kappa shape index (κ1) is 21.4. The summed E-state index contributed by atoms with van der Waals surface area (Å²) < 4.78 is 45.4. The van der Waals surface area contributed by atoms with Crippen molar-refractivity contribution < 1.29 is 32.2 Å². The molecule has 1 aliphatic heterocycles. The molecule has 1 saturated heterocycles. The molecule has 1 aromatic carbocycles. The zero-order valence-corrected chi connectivity index (χ0v) is 15.6. The number of carbonyl (C=O) groups is 2. The van der Waals surface area contributed by atoms with Crippen LogP contribution in [0.25, 0.3) is 0 Å². The Balaban J connectivity index is 1.72. The summed E-state index contributed by atoms with van der Waals surface area (Å²) in [5.41, 5.74) is 0.646. The molecular weight excluding hydrogens is 385 g/mol. The maximum atomic E-state index is 12.2. The molecule has 1 heterocycles. The first-order valence-corrected chi connectivity index (χ1v) is 9.48. The van der Waals surface area contributed by atoms with Crippen LogP contribution in [0.2, 0.25) is 0 Å². The van der Waals surface area contributed by atoms with Crippen LogP contribution in [0.1, 0.15) is 18.5 Å². The highest BCUT2D eigenvalue weighted by atomic mass is 32.2. The number of hydrogen-bond acceptors (Lipinski definition) is 5. The standard InChI is InChI=1S/C17H21F3N2O4S/c1-12(13-2-4-14(5-3-13)26-17(18,19)20)21-15(23)10-27-11-16(24)22-6-8-25-9-7-22/h2-5,12H,6-11H2,1H3,(H,21,23). The van der Waals surface area contributed by atoms with Crippen molar-refractivity contribution in [1.82, 2.24) is 10.2 Å². The van der Waals surface area contributed by atoms with Crippen molar-refractivity contribution in [2.75, 3.05) is 37.8 Å². The molecule has 6 nitrogen and oxygen atoms in total. The largest absolute Gasteiger partial charge is 0.573 e. The molecule has 0 bridgehead atoms. The zero-order chi connectivity index (χ0) is 19.9. The number of halogens is 3. The number of thioether (sulfide) groups is 1. The van der Waals surface area contributed by atoms with Crippen molar-refractivity contribution in [2.24, 2.45) is 0 Å². The number of hydrogen-bond donors (Lipinski definition) is 1. The molecule has 1 N–H and O–H groups in total. The number of nitrogens with one attached hydrogen (secondary N) is 1. The molecule has 0 aromatic heterocycles. The van der Waals surface area contributed by atoms with E-state index in [0.29, 0.717) is 31.9 Å². The lowest BCUT2D eigenvalue weighted by atomic mass is 10.1. The van der Waals surface area contributed by atoms with E-state index < -0.39 is 6.36 Å². The summed E-state index contributed by atoms with van der Waals surface area (Å²) in [7, 11) is 0. The first-order chi connectivity index (χ1) is 12.7. The molecule has 150 valence electrons. The molecule has 2 amide bonds. The van der Waals surface area contributed by atoms with Crippen LogP contribution in [0.15, 0.2) is 24.3 Å².